The number of nitrogens with zero attached hydrogens (tertiary/aromatic N) is 7. The number of aldehydes is 1. The van der Waals surface area contributed by atoms with Crippen molar-refractivity contribution >= 4 is 29.2 Å². The van der Waals surface area contributed by atoms with E-state index in [9.17, 15) is 19.8 Å². The fourth-order valence-corrected chi connectivity index (χ4v) is 5.76. The SMILES string of the molecule is Cc1cc(C(=O)Nc2nc3ccc(CN4CCN(C)CC4)cc3n2CC(C)(C)O)cc(-n2cc(-c3cccc(O)c3C=O)cn2)n1. The lowest BCUT2D eigenvalue weighted by Gasteiger charge is -2.32. The number of likely N-dealkylation sites (N-methyl/N-ethyl adjacent to an activating group) is 1. The monoisotopic (exact) mass is 622 g/mol. The molecule has 0 unspecified atom stereocenters. The number of phenolic OH excluding ortho intramolecular Hbond substituents is 1. The van der Waals surface area contributed by atoms with Crippen LogP contribution in [0, 0.1) is 6.92 Å². The third kappa shape index (κ3) is 6.69. The van der Waals surface area contributed by atoms with Gasteiger partial charge in [-0.2, -0.15) is 5.10 Å². The summed E-state index contributed by atoms with van der Waals surface area (Å²) in [4.78, 5) is 39.4. The second-order valence-corrected chi connectivity index (χ2v) is 12.6. The van der Waals surface area contributed by atoms with E-state index in [1.54, 1.807) is 57.4 Å². The topological polar surface area (TPSA) is 142 Å². The lowest BCUT2D eigenvalue weighted by molar-refractivity contribution is 0.0630. The molecule has 5 aromatic rings. The van der Waals surface area contributed by atoms with E-state index in [4.69, 9.17) is 4.98 Å². The first-order valence-corrected chi connectivity index (χ1v) is 15.2. The van der Waals surface area contributed by atoms with Gasteiger partial charge in [0.05, 0.1) is 34.9 Å². The Balaban J connectivity index is 1.29. The van der Waals surface area contributed by atoms with Gasteiger partial charge in [-0.3, -0.25) is 19.8 Å². The lowest BCUT2D eigenvalue weighted by atomic mass is 10.0. The average Bonchev–Trinajstić information content (AvgIpc) is 3.62. The van der Waals surface area contributed by atoms with Gasteiger partial charge in [-0.1, -0.05) is 18.2 Å². The van der Waals surface area contributed by atoms with Crippen LogP contribution in [0.25, 0.3) is 28.0 Å². The number of phenols is 1. The van der Waals surface area contributed by atoms with Crippen molar-refractivity contribution < 1.29 is 19.8 Å². The number of nitrogens with one attached hydrogen (secondary N) is 1. The van der Waals surface area contributed by atoms with Gasteiger partial charge in [-0.15, -0.1) is 0 Å². The van der Waals surface area contributed by atoms with Crippen LogP contribution >= 0.6 is 0 Å². The first-order valence-electron chi connectivity index (χ1n) is 15.2. The largest absolute Gasteiger partial charge is 0.507 e. The van der Waals surface area contributed by atoms with Crippen molar-refractivity contribution in [2.75, 3.05) is 38.5 Å². The minimum Gasteiger partial charge on any atom is -0.507 e. The van der Waals surface area contributed by atoms with Gasteiger partial charge in [0.1, 0.15) is 5.75 Å². The van der Waals surface area contributed by atoms with Crippen molar-refractivity contribution in [3.8, 4) is 22.7 Å². The molecule has 0 radical (unpaired) electrons. The Morgan fingerprint density at radius 1 is 1.07 bits per heavy atom. The van der Waals surface area contributed by atoms with Crippen molar-refractivity contribution in [3.63, 3.8) is 0 Å². The smallest absolute Gasteiger partial charge is 0.258 e. The normalized spacial score (nSPS) is 14.5. The van der Waals surface area contributed by atoms with Gasteiger partial charge >= 0.3 is 0 Å². The molecule has 0 aliphatic carbocycles. The first-order chi connectivity index (χ1) is 22.0. The third-order valence-electron chi connectivity index (χ3n) is 8.12. The number of aromatic hydroxyl groups is 1. The summed E-state index contributed by atoms with van der Waals surface area (Å²) < 4.78 is 3.37. The highest BCUT2D eigenvalue weighted by Gasteiger charge is 2.23. The maximum Gasteiger partial charge on any atom is 0.258 e. The van der Waals surface area contributed by atoms with Crippen LogP contribution in [-0.4, -0.2) is 95.3 Å². The summed E-state index contributed by atoms with van der Waals surface area (Å²) in [5.74, 6) is 0.236. The fourth-order valence-electron chi connectivity index (χ4n) is 5.76. The molecule has 238 valence electrons. The number of pyridine rings is 1. The molecule has 6 rings (SSSR count). The maximum atomic E-state index is 13.7. The molecule has 1 aliphatic heterocycles. The number of aryl methyl sites for hydroxylation is 1. The molecular formula is C34H38N8O4. The van der Waals surface area contributed by atoms with Gasteiger partial charge in [0.2, 0.25) is 5.95 Å². The summed E-state index contributed by atoms with van der Waals surface area (Å²) in [6.07, 6.45) is 3.87. The van der Waals surface area contributed by atoms with Gasteiger partial charge in [0, 0.05) is 55.7 Å². The van der Waals surface area contributed by atoms with Crippen LogP contribution in [0.4, 0.5) is 5.95 Å². The number of carbonyl (C=O) groups excluding carboxylic acids is 2. The van der Waals surface area contributed by atoms with Gasteiger partial charge in [0.25, 0.3) is 5.91 Å². The summed E-state index contributed by atoms with van der Waals surface area (Å²) >= 11 is 0. The number of anilines is 1. The number of aromatic nitrogens is 5. The standard InChI is InChI=1S/C34H38N8O4/c1-22-14-24(16-31(36-22)42-19-25(17-35-42)26-6-5-7-30(44)27(26)20-43)32(45)38-33-37-28-9-8-23(18-40-12-10-39(4)11-13-40)15-29(28)41(33)21-34(2,3)46/h5-9,14-17,19-20,44,46H,10-13,18,21H2,1-4H3,(H,37,38,45). The van der Waals surface area contributed by atoms with Crippen LogP contribution in [0.5, 0.6) is 5.75 Å². The van der Waals surface area contributed by atoms with Gasteiger partial charge in [-0.25, -0.2) is 14.6 Å². The Bertz CT molecular complexity index is 1910. The number of carbonyl (C=O) groups is 2. The number of benzene rings is 2. The highest BCUT2D eigenvalue weighted by atomic mass is 16.3. The molecule has 0 atom stereocenters. The van der Waals surface area contributed by atoms with Crippen molar-refractivity contribution in [1.82, 2.24) is 34.1 Å². The Labute approximate surface area is 266 Å². The molecule has 1 saturated heterocycles. The summed E-state index contributed by atoms with van der Waals surface area (Å²) in [5.41, 5.74) is 3.90. The lowest BCUT2D eigenvalue weighted by Crippen LogP contribution is -2.43. The van der Waals surface area contributed by atoms with E-state index in [1.807, 2.05) is 10.6 Å². The zero-order valence-electron chi connectivity index (χ0n) is 26.4. The van der Waals surface area contributed by atoms with E-state index < -0.39 is 5.60 Å². The van der Waals surface area contributed by atoms with Crippen LogP contribution in [0.3, 0.4) is 0 Å². The molecule has 46 heavy (non-hydrogen) atoms. The molecule has 1 fully saturated rings. The molecule has 12 nitrogen and oxygen atoms in total. The fraction of sp³-hybridized carbons (Fsp3) is 0.324. The molecule has 12 heteroatoms. The van der Waals surface area contributed by atoms with E-state index in [1.165, 1.54) is 10.7 Å². The molecular weight excluding hydrogens is 584 g/mol. The predicted octanol–water partition coefficient (Wildman–Crippen LogP) is 3.88. The number of piperazine rings is 1. The molecule has 4 heterocycles. The number of hydrogen-bond donors (Lipinski definition) is 3. The van der Waals surface area contributed by atoms with Crippen LogP contribution < -0.4 is 5.32 Å². The molecule has 0 saturated carbocycles. The summed E-state index contributed by atoms with van der Waals surface area (Å²) in [7, 11) is 2.14. The van der Waals surface area contributed by atoms with Gasteiger partial charge < -0.3 is 19.7 Å². The summed E-state index contributed by atoms with van der Waals surface area (Å²) in [6, 6.07) is 14.3. The zero-order valence-corrected chi connectivity index (χ0v) is 26.4. The predicted molar refractivity (Wildman–Crippen MR) is 175 cm³/mol. The van der Waals surface area contributed by atoms with Crippen molar-refractivity contribution in [2.45, 2.75) is 39.5 Å². The Kier molecular flexibility index (Phi) is 8.43. The van der Waals surface area contributed by atoms with E-state index in [0.29, 0.717) is 40.4 Å². The quantitative estimate of drug-likeness (QED) is 0.209. The van der Waals surface area contributed by atoms with Crippen LogP contribution in [-0.2, 0) is 13.1 Å². The summed E-state index contributed by atoms with van der Waals surface area (Å²) in [5, 5.41) is 28.3. The molecule has 3 aromatic heterocycles. The maximum absolute atomic E-state index is 13.7. The number of hydrogen-bond acceptors (Lipinski definition) is 9. The van der Waals surface area contributed by atoms with Crippen LogP contribution in [0.1, 0.15) is 45.8 Å². The van der Waals surface area contributed by atoms with E-state index in [-0.39, 0.29) is 23.8 Å². The van der Waals surface area contributed by atoms with Gasteiger partial charge in [-0.05, 0) is 69.3 Å². The number of aliphatic hydroxyl groups is 1. The van der Waals surface area contributed by atoms with Gasteiger partial charge in [0.15, 0.2) is 12.1 Å². The van der Waals surface area contributed by atoms with E-state index in [0.717, 1.165) is 49.3 Å². The highest BCUT2D eigenvalue weighted by Crippen LogP contribution is 2.29. The highest BCUT2D eigenvalue weighted by molar-refractivity contribution is 6.04. The average molecular weight is 623 g/mol. The Morgan fingerprint density at radius 3 is 2.59 bits per heavy atom. The number of amides is 1. The Hall–Kier alpha value is -4.91. The van der Waals surface area contributed by atoms with Crippen LogP contribution in [0.2, 0.25) is 0 Å². The Morgan fingerprint density at radius 2 is 1.85 bits per heavy atom. The number of fused-ring (bicyclic) bond motifs is 1. The van der Waals surface area contributed by atoms with Crippen molar-refractivity contribution in [2.24, 2.45) is 0 Å². The number of imidazole rings is 1. The minimum atomic E-state index is -1.06. The number of rotatable bonds is 9. The summed E-state index contributed by atoms with van der Waals surface area (Å²) in [6.45, 7) is 10.4. The minimum absolute atomic E-state index is 0.116. The van der Waals surface area contributed by atoms with Crippen molar-refractivity contribution in [1.29, 1.82) is 0 Å². The molecule has 0 spiro atoms. The van der Waals surface area contributed by atoms with Crippen LogP contribution in [0.15, 0.2) is 60.9 Å². The second kappa shape index (κ2) is 12.5. The second-order valence-electron chi connectivity index (χ2n) is 12.6. The third-order valence-corrected chi connectivity index (χ3v) is 8.12. The zero-order chi connectivity index (χ0) is 32.6. The van der Waals surface area contributed by atoms with E-state index >= 15 is 0 Å². The molecule has 2 aromatic carbocycles. The molecule has 3 N–H and O–H groups in total. The molecule has 1 aliphatic rings. The molecule has 0 bridgehead atoms. The first kappa shape index (κ1) is 31.1. The van der Waals surface area contributed by atoms with Crippen molar-refractivity contribution in [3.05, 3.63) is 83.3 Å². The molecule has 1 amide bonds. The van der Waals surface area contributed by atoms with E-state index in [2.05, 4.69) is 44.4 Å².